The van der Waals surface area contributed by atoms with Gasteiger partial charge in [-0.15, -0.1) is 0 Å². The van der Waals surface area contributed by atoms with E-state index >= 15 is 0 Å². The molecule has 3 heteroatoms. The molecule has 1 atom stereocenters. The largest absolute Gasteiger partial charge is 0.383 e. The Morgan fingerprint density at radius 1 is 1.38 bits per heavy atom. The number of benzene rings is 1. The molecule has 0 bridgehead atoms. The molecule has 2 rings (SSSR count). The van der Waals surface area contributed by atoms with Crippen molar-refractivity contribution in [3.8, 4) is 0 Å². The highest BCUT2D eigenvalue weighted by Crippen LogP contribution is 2.15. The normalized spacial score (nSPS) is 21.2. The summed E-state index contributed by atoms with van der Waals surface area (Å²) in [4.78, 5) is 13.4. The van der Waals surface area contributed by atoms with Crippen LogP contribution in [0.2, 0.25) is 0 Å². The minimum absolute atomic E-state index is 0.133. The molecule has 0 aliphatic carbocycles. The zero-order chi connectivity index (χ0) is 11.5. The van der Waals surface area contributed by atoms with E-state index in [0.717, 1.165) is 18.5 Å². The Morgan fingerprint density at radius 3 is 2.75 bits per heavy atom. The zero-order valence-electron chi connectivity index (χ0n) is 9.52. The van der Waals surface area contributed by atoms with Gasteiger partial charge in [0.1, 0.15) is 6.10 Å². The number of amides is 1. The molecular weight excluding hydrogens is 202 g/mol. The second kappa shape index (κ2) is 4.66. The first-order valence-electron chi connectivity index (χ1n) is 5.69. The summed E-state index contributed by atoms with van der Waals surface area (Å²) in [7, 11) is 0. The molecule has 1 saturated heterocycles. The van der Waals surface area contributed by atoms with Crippen LogP contribution in [0.3, 0.4) is 0 Å². The Balaban J connectivity index is 2.03. The minimum Gasteiger partial charge on any atom is -0.383 e. The lowest BCUT2D eigenvalue weighted by molar-refractivity contribution is -0.144. The number of nitrogens with zero attached hydrogens (tertiary/aromatic N) is 1. The van der Waals surface area contributed by atoms with Crippen LogP contribution >= 0.6 is 0 Å². The van der Waals surface area contributed by atoms with Crippen molar-refractivity contribution in [1.82, 2.24) is 4.90 Å². The number of aryl methyl sites for hydroxylation is 1. The van der Waals surface area contributed by atoms with E-state index in [1.807, 2.05) is 31.2 Å². The molecule has 1 aromatic rings. The quantitative estimate of drug-likeness (QED) is 0.818. The molecule has 1 amide bonds. The Morgan fingerprint density at radius 2 is 2.06 bits per heavy atom. The van der Waals surface area contributed by atoms with Crippen molar-refractivity contribution in [2.24, 2.45) is 0 Å². The van der Waals surface area contributed by atoms with Gasteiger partial charge < -0.3 is 10.0 Å². The molecule has 16 heavy (non-hydrogen) atoms. The summed E-state index contributed by atoms with van der Waals surface area (Å²) in [6, 6.07) is 8.15. The first kappa shape index (κ1) is 11.1. The molecule has 0 radical (unpaired) electrons. The average Bonchev–Trinajstić information content (AvgIpc) is 2.28. The fraction of sp³-hybridized carbons (Fsp3) is 0.462. The van der Waals surface area contributed by atoms with Crippen molar-refractivity contribution in [3.63, 3.8) is 0 Å². The summed E-state index contributed by atoms with van der Waals surface area (Å²) >= 11 is 0. The standard InChI is InChI=1S/C13H17NO2/c1-10-4-6-11(7-5-10)9-14-8-2-3-12(15)13(14)16/h4-7,12,15H,2-3,8-9H2,1H3. The van der Waals surface area contributed by atoms with Crippen molar-refractivity contribution < 1.29 is 9.90 Å². The predicted molar refractivity (Wildman–Crippen MR) is 61.8 cm³/mol. The first-order chi connectivity index (χ1) is 7.66. The summed E-state index contributed by atoms with van der Waals surface area (Å²) in [6.07, 6.45) is 0.696. The van der Waals surface area contributed by atoms with Gasteiger partial charge in [-0.3, -0.25) is 4.79 Å². The van der Waals surface area contributed by atoms with E-state index in [9.17, 15) is 9.90 Å². The van der Waals surface area contributed by atoms with Crippen LogP contribution in [-0.2, 0) is 11.3 Å². The van der Waals surface area contributed by atoms with Gasteiger partial charge in [-0.05, 0) is 25.3 Å². The number of aliphatic hydroxyl groups excluding tert-OH is 1. The molecule has 0 spiro atoms. The summed E-state index contributed by atoms with van der Waals surface area (Å²) in [5.74, 6) is -0.133. The molecule has 1 unspecified atom stereocenters. The number of carbonyl (C=O) groups excluding carboxylic acids is 1. The molecule has 1 heterocycles. The van der Waals surface area contributed by atoms with Gasteiger partial charge in [0.2, 0.25) is 0 Å². The van der Waals surface area contributed by atoms with Gasteiger partial charge in [0, 0.05) is 13.1 Å². The van der Waals surface area contributed by atoms with Crippen molar-refractivity contribution in [3.05, 3.63) is 35.4 Å². The third kappa shape index (κ3) is 2.42. The van der Waals surface area contributed by atoms with Gasteiger partial charge >= 0.3 is 0 Å². The Kier molecular flexibility index (Phi) is 3.25. The summed E-state index contributed by atoms with van der Waals surface area (Å²) < 4.78 is 0. The minimum atomic E-state index is -0.792. The molecule has 0 saturated carbocycles. The maximum Gasteiger partial charge on any atom is 0.251 e. The lowest BCUT2D eigenvalue weighted by Crippen LogP contribution is -2.43. The molecule has 0 aromatic heterocycles. The lowest BCUT2D eigenvalue weighted by Gasteiger charge is -2.29. The van der Waals surface area contributed by atoms with Crippen LogP contribution < -0.4 is 0 Å². The van der Waals surface area contributed by atoms with Crippen molar-refractivity contribution in [2.75, 3.05) is 6.54 Å². The second-order valence-corrected chi connectivity index (χ2v) is 4.40. The SMILES string of the molecule is Cc1ccc(CN2CCCC(O)C2=O)cc1. The number of hydrogen-bond acceptors (Lipinski definition) is 2. The highest BCUT2D eigenvalue weighted by molar-refractivity contribution is 5.81. The topological polar surface area (TPSA) is 40.5 Å². The van der Waals surface area contributed by atoms with Crippen LogP contribution in [0.25, 0.3) is 0 Å². The Labute approximate surface area is 95.7 Å². The highest BCUT2D eigenvalue weighted by atomic mass is 16.3. The smallest absolute Gasteiger partial charge is 0.251 e. The number of likely N-dealkylation sites (tertiary alicyclic amines) is 1. The van der Waals surface area contributed by atoms with Gasteiger partial charge in [0.05, 0.1) is 0 Å². The van der Waals surface area contributed by atoms with Crippen LogP contribution in [-0.4, -0.2) is 28.6 Å². The van der Waals surface area contributed by atoms with Crippen molar-refractivity contribution >= 4 is 5.91 Å². The van der Waals surface area contributed by atoms with E-state index in [1.165, 1.54) is 5.56 Å². The van der Waals surface area contributed by atoms with Crippen LogP contribution in [0.15, 0.2) is 24.3 Å². The predicted octanol–water partition coefficient (Wildman–Crippen LogP) is 1.48. The van der Waals surface area contributed by atoms with E-state index in [4.69, 9.17) is 0 Å². The number of aliphatic hydroxyl groups is 1. The fourth-order valence-electron chi connectivity index (χ4n) is 1.99. The third-order valence-corrected chi connectivity index (χ3v) is 3.00. The maximum absolute atomic E-state index is 11.7. The third-order valence-electron chi connectivity index (χ3n) is 3.00. The lowest BCUT2D eigenvalue weighted by atomic mass is 10.1. The molecule has 1 aliphatic heterocycles. The molecule has 1 N–H and O–H groups in total. The number of piperidine rings is 1. The summed E-state index contributed by atoms with van der Waals surface area (Å²) in [5.41, 5.74) is 2.34. The number of carbonyl (C=O) groups is 1. The van der Waals surface area contributed by atoms with Crippen LogP contribution in [0.4, 0.5) is 0 Å². The molecule has 1 aliphatic rings. The van der Waals surface area contributed by atoms with Gasteiger partial charge in [-0.25, -0.2) is 0 Å². The monoisotopic (exact) mass is 219 g/mol. The van der Waals surface area contributed by atoms with E-state index < -0.39 is 6.10 Å². The Bertz CT molecular complexity index is 372. The molecule has 1 aromatic carbocycles. The van der Waals surface area contributed by atoms with Gasteiger partial charge in [0.25, 0.3) is 5.91 Å². The number of hydrogen-bond donors (Lipinski definition) is 1. The molecular formula is C13H17NO2. The second-order valence-electron chi connectivity index (χ2n) is 4.40. The van der Waals surface area contributed by atoms with E-state index in [1.54, 1.807) is 4.90 Å². The van der Waals surface area contributed by atoms with E-state index in [-0.39, 0.29) is 5.91 Å². The van der Waals surface area contributed by atoms with Crippen molar-refractivity contribution in [1.29, 1.82) is 0 Å². The Hall–Kier alpha value is -1.35. The van der Waals surface area contributed by atoms with Crippen LogP contribution in [0.5, 0.6) is 0 Å². The van der Waals surface area contributed by atoms with E-state index in [0.29, 0.717) is 13.0 Å². The molecule has 3 nitrogen and oxygen atoms in total. The molecule has 1 fully saturated rings. The van der Waals surface area contributed by atoms with Crippen LogP contribution in [0, 0.1) is 6.92 Å². The summed E-state index contributed by atoms with van der Waals surface area (Å²) in [6.45, 7) is 3.40. The highest BCUT2D eigenvalue weighted by Gasteiger charge is 2.26. The zero-order valence-corrected chi connectivity index (χ0v) is 9.52. The maximum atomic E-state index is 11.7. The molecule has 86 valence electrons. The van der Waals surface area contributed by atoms with E-state index in [2.05, 4.69) is 0 Å². The number of rotatable bonds is 2. The van der Waals surface area contributed by atoms with Crippen LogP contribution in [0.1, 0.15) is 24.0 Å². The van der Waals surface area contributed by atoms with Gasteiger partial charge in [-0.2, -0.15) is 0 Å². The fourth-order valence-corrected chi connectivity index (χ4v) is 1.99. The van der Waals surface area contributed by atoms with Gasteiger partial charge in [0.15, 0.2) is 0 Å². The van der Waals surface area contributed by atoms with Crippen molar-refractivity contribution in [2.45, 2.75) is 32.4 Å². The summed E-state index contributed by atoms with van der Waals surface area (Å²) in [5, 5.41) is 9.48. The average molecular weight is 219 g/mol. The first-order valence-corrected chi connectivity index (χ1v) is 5.69. The van der Waals surface area contributed by atoms with Gasteiger partial charge in [-0.1, -0.05) is 29.8 Å².